The fourth-order valence-electron chi connectivity index (χ4n) is 2.50. The molecule has 0 bridgehead atoms. The average molecular weight is 467 g/mol. The number of aliphatic carboxylic acids is 2. The van der Waals surface area contributed by atoms with Gasteiger partial charge in [0, 0.05) is 19.9 Å². The Hall–Kier alpha value is -2.74. The summed E-state index contributed by atoms with van der Waals surface area (Å²) in [7, 11) is -4.44. The molecule has 0 rings (SSSR count). The van der Waals surface area contributed by atoms with Crippen molar-refractivity contribution in [3.63, 3.8) is 0 Å². The van der Waals surface area contributed by atoms with Gasteiger partial charge in [0.05, 0.1) is 11.7 Å². The number of carboxylic acids is 2. The first-order valence-electron chi connectivity index (χ1n) is 9.47. The number of hydrogen-bond donors (Lipinski definition) is 6. The highest BCUT2D eigenvalue weighted by Gasteiger charge is 2.27. The highest BCUT2D eigenvalue weighted by molar-refractivity contribution is 7.85. The molecule has 0 radical (unpaired) electrons. The lowest BCUT2D eigenvalue weighted by atomic mass is 10.1. The summed E-state index contributed by atoms with van der Waals surface area (Å²) in [5, 5.41) is 25.3. The maximum absolute atomic E-state index is 12.0. The normalized spacial score (nSPS) is 14.0. The average Bonchev–Trinajstić information content (AvgIpc) is 2.61. The molecule has 0 fully saturated rings. The van der Waals surface area contributed by atoms with E-state index in [4.69, 9.17) is 4.55 Å². The van der Waals surface area contributed by atoms with Gasteiger partial charge >= 0.3 is 11.9 Å². The van der Waals surface area contributed by atoms with Crippen molar-refractivity contribution in [2.24, 2.45) is 5.92 Å². The Kier molecular flexibility index (Phi) is 12.3. The van der Waals surface area contributed by atoms with E-state index in [0.717, 1.165) is 0 Å². The Balaban J connectivity index is 4.63. The zero-order valence-electron chi connectivity index (χ0n) is 17.3. The van der Waals surface area contributed by atoms with Gasteiger partial charge in [0.1, 0.15) is 12.1 Å². The smallest absolute Gasteiger partial charge is 0.326 e. The summed E-state index contributed by atoms with van der Waals surface area (Å²) in [5.41, 5.74) is 0. The van der Waals surface area contributed by atoms with Crippen molar-refractivity contribution in [1.29, 1.82) is 0 Å². The zero-order valence-corrected chi connectivity index (χ0v) is 18.1. The molecule has 0 spiro atoms. The number of amides is 3. The van der Waals surface area contributed by atoms with Crippen LogP contribution in [0.2, 0.25) is 0 Å². The van der Waals surface area contributed by atoms with Crippen LogP contribution in [0, 0.1) is 5.92 Å². The molecule has 31 heavy (non-hydrogen) atoms. The van der Waals surface area contributed by atoms with Crippen LogP contribution in [-0.2, 0) is 34.1 Å². The molecule has 0 heterocycles. The lowest BCUT2D eigenvalue weighted by Gasteiger charge is -2.18. The second-order valence-corrected chi connectivity index (χ2v) is 8.52. The lowest BCUT2D eigenvalue weighted by molar-refractivity contribution is -0.143. The van der Waals surface area contributed by atoms with E-state index in [-0.39, 0.29) is 18.7 Å². The summed E-state index contributed by atoms with van der Waals surface area (Å²) >= 11 is 0. The minimum Gasteiger partial charge on any atom is -0.480 e. The monoisotopic (exact) mass is 467 g/mol. The van der Waals surface area contributed by atoms with Gasteiger partial charge in [0.15, 0.2) is 0 Å². The molecule has 0 aromatic rings. The quantitative estimate of drug-likeness (QED) is 0.124. The van der Waals surface area contributed by atoms with Crippen LogP contribution in [0.1, 0.15) is 46.0 Å². The van der Waals surface area contributed by atoms with Crippen LogP contribution >= 0.6 is 0 Å². The van der Waals surface area contributed by atoms with Crippen LogP contribution in [0.25, 0.3) is 0 Å². The van der Waals surface area contributed by atoms with Crippen molar-refractivity contribution in [2.45, 2.75) is 58.0 Å². The topological polar surface area (TPSA) is 216 Å². The van der Waals surface area contributed by atoms with Crippen LogP contribution < -0.4 is 16.0 Å². The van der Waals surface area contributed by atoms with Crippen LogP contribution in [-0.4, -0.2) is 77.2 Å². The third kappa shape index (κ3) is 14.0. The molecule has 6 N–H and O–H groups in total. The molecule has 0 saturated heterocycles. The summed E-state index contributed by atoms with van der Waals surface area (Å²) in [6.07, 6.45) is 0.262. The van der Waals surface area contributed by atoms with Gasteiger partial charge in [0.2, 0.25) is 17.7 Å². The molecule has 0 aliphatic rings. The molecule has 0 aromatic carbocycles. The Labute approximate surface area is 179 Å². The van der Waals surface area contributed by atoms with Crippen LogP contribution in [0.5, 0.6) is 0 Å². The van der Waals surface area contributed by atoms with E-state index in [1.807, 2.05) is 0 Å². The van der Waals surface area contributed by atoms with Crippen molar-refractivity contribution in [3.8, 4) is 0 Å². The SMILES string of the molecule is CC(=O)NCCCCC(NC(=O)CCC(NC(=O)C(C)CS(=O)(=O)O)C(=O)O)C(=O)O. The van der Waals surface area contributed by atoms with E-state index in [2.05, 4.69) is 16.0 Å². The predicted molar refractivity (Wildman–Crippen MR) is 106 cm³/mol. The third-order valence-corrected chi connectivity index (χ3v) is 5.03. The number of rotatable bonds is 15. The molecule has 3 amide bonds. The Morgan fingerprint density at radius 3 is 1.94 bits per heavy atom. The van der Waals surface area contributed by atoms with E-state index >= 15 is 0 Å². The number of unbranched alkanes of at least 4 members (excludes halogenated alkanes) is 1. The van der Waals surface area contributed by atoms with Crippen molar-refractivity contribution in [3.05, 3.63) is 0 Å². The first-order valence-corrected chi connectivity index (χ1v) is 11.1. The van der Waals surface area contributed by atoms with Gasteiger partial charge in [-0.05, 0) is 25.7 Å². The summed E-state index contributed by atoms with van der Waals surface area (Å²) < 4.78 is 30.4. The molecule has 0 saturated carbocycles. The minimum atomic E-state index is -4.44. The Morgan fingerprint density at radius 2 is 1.45 bits per heavy atom. The van der Waals surface area contributed by atoms with E-state index in [0.29, 0.717) is 19.4 Å². The van der Waals surface area contributed by atoms with E-state index in [1.54, 1.807) is 0 Å². The van der Waals surface area contributed by atoms with Gasteiger partial charge in [-0.1, -0.05) is 6.92 Å². The molecule has 178 valence electrons. The maximum atomic E-state index is 12.0. The standard InChI is InChI=1S/C17H29N3O10S/c1-10(9-31(28,29)30)15(23)20-13(17(26)27)6-7-14(22)19-12(16(24)25)5-3-4-8-18-11(2)21/h10,12-13H,3-9H2,1-2H3,(H,18,21)(H,19,22)(H,20,23)(H,24,25)(H,26,27)(H,28,29,30). The molecule has 13 nitrogen and oxygen atoms in total. The van der Waals surface area contributed by atoms with E-state index in [9.17, 15) is 42.6 Å². The largest absolute Gasteiger partial charge is 0.480 e. The fourth-order valence-corrected chi connectivity index (χ4v) is 3.28. The van der Waals surface area contributed by atoms with Crippen molar-refractivity contribution in [1.82, 2.24) is 16.0 Å². The highest BCUT2D eigenvalue weighted by Crippen LogP contribution is 2.06. The second-order valence-electron chi connectivity index (χ2n) is 7.02. The molecule has 14 heteroatoms. The molecular formula is C17H29N3O10S. The number of carbonyl (C=O) groups is 5. The van der Waals surface area contributed by atoms with Crippen molar-refractivity contribution < 1.29 is 47.2 Å². The van der Waals surface area contributed by atoms with Crippen molar-refractivity contribution in [2.75, 3.05) is 12.3 Å². The number of carboxylic acid groups (broad SMARTS) is 2. The van der Waals surface area contributed by atoms with Crippen molar-refractivity contribution >= 4 is 39.8 Å². The number of carbonyl (C=O) groups excluding carboxylic acids is 3. The number of hydrogen-bond acceptors (Lipinski definition) is 7. The summed E-state index contributed by atoms with van der Waals surface area (Å²) in [6.45, 7) is 2.89. The van der Waals surface area contributed by atoms with Gasteiger partial charge in [-0.3, -0.25) is 18.9 Å². The van der Waals surface area contributed by atoms with Gasteiger partial charge in [-0.25, -0.2) is 9.59 Å². The Morgan fingerprint density at radius 1 is 0.903 bits per heavy atom. The maximum Gasteiger partial charge on any atom is 0.326 e. The third-order valence-electron chi connectivity index (χ3n) is 4.11. The highest BCUT2D eigenvalue weighted by atomic mass is 32.2. The van der Waals surface area contributed by atoms with Gasteiger partial charge in [-0.15, -0.1) is 0 Å². The van der Waals surface area contributed by atoms with Crippen LogP contribution in [0.4, 0.5) is 0 Å². The second kappa shape index (κ2) is 13.5. The van der Waals surface area contributed by atoms with E-state index in [1.165, 1.54) is 13.8 Å². The van der Waals surface area contributed by atoms with Gasteiger partial charge in [0.25, 0.3) is 10.1 Å². The summed E-state index contributed by atoms with van der Waals surface area (Å²) in [5.74, 6) is -6.74. The fraction of sp³-hybridized carbons (Fsp3) is 0.706. The first-order chi connectivity index (χ1) is 14.2. The molecule has 0 aromatic heterocycles. The van der Waals surface area contributed by atoms with Crippen LogP contribution in [0.15, 0.2) is 0 Å². The lowest BCUT2D eigenvalue weighted by Crippen LogP contribution is -2.46. The first kappa shape index (κ1) is 28.3. The zero-order chi connectivity index (χ0) is 24.2. The molecule has 3 unspecified atom stereocenters. The summed E-state index contributed by atoms with van der Waals surface area (Å²) in [6, 6.07) is -2.71. The van der Waals surface area contributed by atoms with Crippen LogP contribution in [0.3, 0.4) is 0 Å². The van der Waals surface area contributed by atoms with Gasteiger partial charge < -0.3 is 26.2 Å². The number of nitrogens with one attached hydrogen (secondary N) is 3. The molecular weight excluding hydrogens is 438 g/mol. The summed E-state index contributed by atoms with van der Waals surface area (Å²) in [4.78, 5) is 57.3. The van der Waals surface area contributed by atoms with Gasteiger partial charge in [-0.2, -0.15) is 8.42 Å². The molecule has 3 atom stereocenters. The molecule has 0 aliphatic carbocycles. The Bertz CT molecular complexity index is 768. The predicted octanol–water partition coefficient (Wildman–Crippen LogP) is -1.26. The van der Waals surface area contributed by atoms with E-state index < -0.39 is 64.0 Å². The minimum absolute atomic E-state index is 0.104. The molecule has 0 aliphatic heterocycles.